The topological polar surface area (TPSA) is 84.7 Å². The average Bonchev–Trinajstić information content (AvgIpc) is 3.16. The Morgan fingerprint density at radius 3 is 2.68 bits per heavy atom. The van der Waals surface area contributed by atoms with E-state index in [4.69, 9.17) is 11.6 Å². The van der Waals surface area contributed by atoms with Gasteiger partial charge in [-0.25, -0.2) is 9.97 Å². The van der Waals surface area contributed by atoms with Crippen LogP contribution in [0.15, 0.2) is 43.0 Å². The third-order valence-electron chi connectivity index (χ3n) is 5.49. The molecule has 0 aromatic carbocycles. The summed E-state index contributed by atoms with van der Waals surface area (Å²) in [4.78, 5) is 24.7. The number of anilines is 2. The fourth-order valence-corrected chi connectivity index (χ4v) is 3.83. The first-order valence-electron chi connectivity index (χ1n) is 10.4. The number of fused-ring (bicyclic) bond motifs is 1. The van der Waals surface area contributed by atoms with Gasteiger partial charge in [0.1, 0.15) is 5.82 Å². The van der Waals surface area contributed by atoms with Crippen molar-refractivity contribution in [2.45, 2.75) is 32.9 Å². The molecular formula is C22H23ClN8. The van der Waals surface area contributed by atoms with Gasteiger partial charge < -0.3 is 14.8 Å². The van der Waals surface area contributed by atoms with E-state index in [1.807, 2.05) is 22.9 Å². The van der Waals surface area contributed by atoms with E-state index in [0.717, 1.165) is 41.4 Å². The summed E-state index contributed by atoms with van der Waals surface area (Å²) in [5.41, 5.74) is 4.32. The lowest BCUT2D eigenvalue weighted by atomic mass is 10.1. The molecule has 5 heterocycles. The van der Waals surface area contributed by atoms with Gasteiger partial charge in [-0.3, -0.25) is 4.98 Å². The van der Waals surface area contributed by atoms with Crippen LogP contribution < -0.4 is 10.2 Å². The lowest BCUT2D eigenvalue weighted by Gasteiger charge is -2.31. The summed E-state index contributed by atoms with van der Waals surface area (Å²) in [6, 6.07) is 8.34. The van der Waals surface area contributed by atoms with E-state index in [9.17, 15) is 0 Å². The molecule has 0 atom stereocenters. The molecule has 0 bridgehead atoms. The number of nitrogens with one attached hydrogen (secondary N) is 1. The highest BCUT2D eigenvalue weighted by molar-refractivity contribution is 6.28. The molecule has 0 aliphatic carbocycles. The van der Waals surface area contributed by atoms with Crippen molar-refractivity contribution in [3.05, 3.63) is 53.8 Å². The molecule has 31 heavy (non-hydrogen) atoms. The summed E-state index contributed by atoms with van der Waals surface area (Å²) >= 11 is 6.20. The normalized spacial score (nSPS) is 13.6. The zero-order valence-corrected chi connectivity index (χ0v) is 18.2. The van der Waals surface area contributed by atoms with Gasteiger partial charge in [-0.05, 0) is 55.6 Å². The molecule has 158 valence electrons. The highest BCUT2D eigenvalue weighted by atomic mass is 35.5. The van der Waals surface area contributed by atoms with Crippen molar-refractivity contribution >= 4 is 34.4 Å². The largest absolute Gasteiger partial charge is 0.364 e. The van der Waals surface area contributed by atoms with E-state index >= 15 is 0 Å². The maximum atomic E-state index is 6.20. The Morgan fingerprint density at radius 2 is 1.97 bits per heavy atom. The Hall–Kier alpha value is -3.26. The molecule has 8 nitrogen and oxygen atoms in total. The van der Waals surface area contributed by atoms with Gasteiger partial charge >= 0.3 is 0 Å². The van der Waals surface area contributed by atoms with Crippen molar-refractivity contribution in [3.8, 4) is 11.3 Å². The fourth-order valence-electron chi connectivity index (χ4n) is 3.67. The highest BCUT2D eigenvalue weighted by Crippen LogP contribution is 2.27. The molecule has 0 radical (unpaired) electrons. The number of aromatic nitrogens is 6. The molecule has 0 amide bonds. The predicted octanol–water partition coefficient (Wildman–Crippen LogP) is 4.34. The standard InChI is InChI=1S/C22H23ClN8/c1-14(2)31-13-27-19-20(28-22(23)29-21(19)31)26-12-15-5-3-8-24-18(15)16-6-7-17(25-11-16)30-9-4-10-30/h3,5-8,11,13-14H,4,9-10,12H2,1-2H3,(H,26,28,29). The zero-order valence-electron chi connectivity index (χ0n) is 17.5. The minimum atomic E-state index is 0.189. The molecule has 1 fully saturated rings. The van der Waals surface area contributed by atoms with Crippen LogP contribution in [0.5, 0.6) is 0 Å². The summed E-state index contributed by atoms with van der Waals surface area (Å²) in [7, 11) is 0. The second-order valence-electron chi connectivity index (χ2n) is 7.87. The second kappa shape index (κ2) is 8.11. The molecule has 1 aliphatic heterocycles. The van der Waals surface area contributed by atoms with Crippen LogP contribution in [0, 0.1) is 0 Å². The number of rotatable bonds is 6. The third-order valence-corrected chi connectivity index (χ3v) is 5.66. The van der Waals surface area contributed by atoms with Crippen molar-refractivity contribution in [2.24, 2.45) is 0 Å². The molecule has 5 rings (SSSR count). The van der Waals surface area contributed by atoms with Crippen LogP contribution in [-0.2, 0) is 6.54 Å². The van der Waals surface area contributed by atoms with Gasteiger partial charge in [-0.15, -0.1) is 0 Å². The molecule has 0 unspecified atom stereocenters. The number of pyridine rings is 2. The van der Waals surface area contributed by atoms with E-state index in [0.29, 0.717) is 17.9 Å². The van der Waals surface area contributed by atoms with Crippen LogP contribution in [0.25, 0.3) is 22.4 Å². The maximum absolute atomic E-state index is 6.20. The highest BCUT2D eigenvalue weighted by Gasteiger charge is 2.17. The van der Waals surface area contributed by atoms with Gasteiger partial charge in [0.15, 0.2) is 17.0 Å². The van der Waals surface area contributed by atoms with Crippen molar-refractivity contribution < 1.29 is 0 Å². The molecule has 4 aromatic heterocycles. The van der Waals surface area contributed by atoms with Gasteiger partial charge in [0.2, 0.25) is 5.28 Å². The Bertz CT molecular complexity index is 1210. The minimum absolute atomic E-state index is 0.189. The van der Waals surface area contributed by atoms with Crippen molar-refractivity contribution in [1.29, 1.82) is 0 Å². The molecule has 1 N–H and O–H groups in total. The quantitative estimate of drug-likeness (QED) is 0.452. The van der Waals surface area contributed by atoms with Crippen LogP contribution in [-0.4, -0.2) is 42.6 Å². The monoisotopic (exact) mass is 434 g/mol. The molecule has 0 saturated carbocycles. The van der Waals surface area contributed by atoms with Gasteiger partial charge in [0.05, 0.1) is 12.0 Å². The number of hydrogen-bond donors (Lipinski definition) is 1. The van der Waals surface area contributed by atoms with E-state index in [2.05, 4.69) is 61.1 Å². The van der Waals surface area contributed by atoms with Gasteiger partial charge in [0, 0.05) is 43.6 Å². The first-order chi connectivity index (χ1) is 15.1. The first-order valence-corrected chi connectivity index (χ1v) is 10.8. The maximum Gasteiger partial charge on any atom is 0.226 e. The van der Waals surface area contributed by atoms with Crippen molar-refractivity contribution in [1.82, 2.24) is 29.5 Å². The number of nitrogens with zero attached hydrogens (tertiary/aromatic N) is 7. The summed E-state index contributed by atoms with van der Waals surface area (Å²) < 4.78 is 1.98. The third kappa shape index (κ3) is 3.79. The summed E-state index contributed by atoms with van der Waals surface area (Å²) in [6.45, 7) is 6.83. The summed E-state index contributed by atoms with van der Waals surface area (Å²) in [5.74, 6) is 1.62. The fraction of sp³-hybridized carbons (Fsp3) is 0.318. The smallest absolute Gasteiger partial charge is 0.226 e. The molecule has 9 heteroatoms. The van der Waals surface area contributed by atoms with Crippen LogP contribution in [0.1, 0.15) is 31.9 Å². The lowest BCUT2D eigenvalue weighted by Crippen LogP contribution is -2.37. The van der Waals surface area contributed by atoms with E-state index in [1.54, 1.807) is 12.5 Å². The first kappa shape index (κ1) is 19.7. The molecule has 1 saturated heterocycles. The minimum Gasteiger partial charge on any atom is -0.364 e. The molecular weight excluding hydrogens is 412 g/mol. The number of imidazole rings is 1. The summed E-state index contributed by atoms with van der Waals surface area (Å²) in [5, 5.41) is 3.56. The molecule has 1 aliphatic rings. The van der Waals surface area contributed by atoms with E-state index in [1.165, 1.54) is 6.42 Å². The van der Waals surface area contributed by atoms with Crippen LogP contribution in [0.2, 0.25) is 5.28 Å². The number of halogens is 1. The molecule has 0 spiro atoms. The van der Waals surface area contributed by atoms with Gasteiger partial charge in [0.25, 0.3) is 0 Å². The predicted molar refractivity (Wildman–Crippen MR) is 122 cm³/mol. The lowest BCUT2D eigenvalue weighted by molar-refractivity contribution is 0.610. The average molecular weight is 435 g/mol. The van der Waals surface area contributed by atoms with Crippen LogP contribution >= 0.6 is 11.6 Å². The van der Waals surface area contributed by atoms with Crippen molar-refractivity contribution in [3.63, 3.8) is 0 Å². The van der Waals surface area contributed by atoms with Crippen LogP contribution in [0.4, 0.5) is 11.6 Å². The SMILES string of the molecule is CC(C)n1cnc2c(NCc3cccnc3-c3ccc(N4CCC4)nc3)nc(Cl)nc21. The molecule has 4 aromatic rings. The van der Waals surface area contributed by atoms with Crippen LogP contribution in [0.3, 0.4) is 0 Å². The Labute approximate surface area is 185 Å². The van der Waals surface area contributed by atoms with Crippen molar-refractivity contribution in [2.75, 3.05) is 23.3 Å². The Kier molecular flexibility index (Phi) is 5.15. The van der Waals surface area contributed by atoms with Gasteiger partial charge in [-0.1, -0.05) is 6.07 Å². The van der Waals surface area contributed by atoms with E-state index < -0.39 is 0 Å². The summed E-state index contributed by atoms with van der Waals surface area (Å²) in [6.07, 6.45) is 6.69. The number of hydrogen-bond acceptors (Lipinski definition) is 7. The Morgan fingerprint density at radius 1 is 1.10 bits per heavy atom. The van der Waals surface area contributed by atoms with E-state index in [-0.39, 0.29) is 11.3 Å². The van der Waals surface area contributed by atoms with Gasteiger partial charge in [-0.2, -0.15) is 9.97 Å². The zero-order chi connectivity index (χ0) is 21.4. The second-order valence-corrected chi connectivity index (χ2v) is 8.21. The Balaban J connectivity index is 1.42.